The average molecular weight is 375 g/mol. The molecule has 0 bridgehead atoms. The molecule has 0 radical (unpaired) electrons. The molecule has 3 heteroatoms. The first-order valence-electron chi connectivity index (χ1n) is 9.24. The van der Waals surface area contributed by atoms with Crippen molar-refractivity contribution in [2.24, 2.45) is 29.6 Å². The lowest BCUT2D eigenvalue weighted by Crippen LogP contribution is -2.46. The minimum Gasteiger partial charge on any atom is -0.392 e. The number of aliphatic hydroxyl groups excluding tert-OH is 1. The minimum atomic E-state index is -0.483. The van der Waals surface area contributed by atoms with Gasteiger partial charge in [0.1, 0.15) is 0 Å². The van der Waals surface area contributed by atoms with E-state index in [0.717, 1.165) is 37.0 Å². The van der Waals surface area contributed by atoms with Crippen LogP contribution in [0.1, 0.15) is 72.6 Å². The van der Waals surface area contributed by atoms with Crippen LogP contribution in [0.3, 0.4) is 0 Å². The van der Waals surface area contributed by atoms with E-state index < -0.39 is 5.60 Å². The summed E-state index contributed by atoms with van der Waals surface area (Å²) in [6.07, 6.45) is 7.61. The molecule has 7 atom stereocenters. The van der Waals surface area contributed by atoms with Gasteiger partial charge in [0.25, 0.3) is 0 Å². The normalized spacial score (nSPS) is 43.9. The third kappa shape index (κ3) is 4.70. The molecule has 3 unspecified atom stereocenters. The van der Waals surface area contributed by atoms with Crippen LogP contribution in [0.5, 0.6) is 0 Å². The molecule has 2 fully saturated rings. The van der Waals surface area contributed by atoms with Crippen molar-refractivity contribution in [3.63, 3.8) is 0 Å². The maximum absolute atomic E-state index is 10.5. The molecule has 0 saturated heterocycles. The molecule has 0 aromatic carbocycles. The number of hydrogen-bond donors (Lipinski definition) is 2. The highest BCUT2D eigenvalue weighted by atomic mass is 79.9. The van der Waals surface area contributed by atoms with Gasteiger partial charge in [-0.15, -0.1) is 0 Å². The quantitative estimate of drug-likeness (QED) is 0.657. The topological polar surface area (TPSA) is 40.5 Å². The van der Waals surface area contributed by atoms with Gasteiger partial charge in [0.05, 0.1) is 11.7 Å². The van der Waals surface area contributed by atoms with E-state index in [2.05, 4.69) is 36.7 Å². The standard InChI is InChI=1S/C19H35BrO2/c1-12(2)5-6-13(3)16-7-8-19(4,22)11-15(16)9-14-10-17(21)18(14)20/h12-18,21-22H,5-11H2,1-4H3/t13-,14?,15?,16-,17?,18-,19-/m1/s1. The third-order valence-corrected chi connectivity index (χ3v) is 7.58. The van der Waals surface area contributed by atoms with E-state index in [9.17, 15) is 10.2 Å². The largest absolute Gasteiger partial charge is 0.392 e. The predicted molar refractivity (Wildman–Crippen MR) is 96.1 cm³/mol. The fraction of sp³-hybridized carbons (Fsp3) is 1.00. The summed E-state index contributed by atoms with van der Waals surface area (Å²) >= 11 is 3.64. The number of halogens is 1. The highest BCUT2D eigenvalue weighted by Gasteiger charge is 2.44. The third-order valence-electron chi connectivity index (χ3n) is 6.22. The van der Waals surface area contributed by atoms with Crippen LogP contribution in [-0.2, 0) is 0 Å². The Kier molecular flexibility index (Phi) is 6.41. The number of hydrogen-bond acceptors (Lipinski definition) is 2. The fourth-order valence-corrected chi connectivity index (χ4v) is 5.30. The van der Waals surface area contributed by atoms with E-state index in [1.807, 2.05) is 6.92 Å². The molecule has 0 heterocycles. The summed E-state index contributed by atoms with van der Waals surface area (Å²) in [5.41, 5.74) is -0.483. The summed E-state index contributed by atoms with van der Waals surface area (Å²) in [5, 5.41) is 20.3. The van der Waals surface area contributed by atoms with Crippen LogP contribution >= 0.6 is 15.9 Å². The van der Waals surface area contributed by atoms with Gasteiger partial charge in [-0.05, 0) is 68.6 Å². The molecule has 2 N–H and O–H groups in total. The van der Waals surface area contributed by atoms with Gasteiger partial charge in [0.15, 0.2) is 0 Å². The van der Waals surface area contributed by atoms with Gasteiger partial charge in [0, 0.05) is 4.83 Å². The molecule has 0 aromatic rings. The first-order valence-corrected chi connectivity index (χ1v) is 10.2. The zero-order valence-electron chi connectivity index (χ0n) is 14.8. The van der Waals surface area contributed by atoms with Crippen molar-refractivity contribution in [2.75, 3.05) is 0 Å². The van der Waals surface area contributed by atoms with E-state index in [0.29, 0.717) is 11.8 Å². The van der Waals surface area contributed by atoms with Gasteiger partial charge in [-0.3, -0.25) is 0 Å². The van der Waals surface area contributed by atoms with Gasteiger partial charge in [-0.25, -0.2) is 0 Å². The molecule has 0 amide bonds. The van der Waals surface area contributed by atoms with Crippen molar-refractivity contribution >= 4 is 15.9 Å². The lowest BCUT2D eigenvalue weighted by molar-refractivity contribution is -0.0477. The molecule has 0 aliphatic heterocycles. The van der Waals surface area contributed by atoms with Gasteiger partial charge in [-0.2, -0.15) is 0 Å². The maximum Gasteiger partial charge on any atom is 0.0670 e. The van der Waals surface area contributed by atoms with Crippen molar-refractivity contribution in [1.82, 2.24) is 0 Å². The van der Waals surface area contributed by atoms with Gasteiger partial charge < -0.3 is 10.2 Å². The number of rotatable bonds is 6. The van der Waals surface area contributed by atoms with Gasteiger partial charge in [0.2, 0.25) is 0 Å². The van der Waals surface area contributed by atoms with E-state index >= 15 is 0 Å². The monoisotopic (exact) mass is 374 g/mol. The average Bonchev–Trinajstić information content (AvgIpc) is 2.43. The van der Waals surface area contributed by atoms with E-state index in [4.69, 9.17) is 0 Å². The maximum atomic E-state index is 10.5. The molecule has 2 rings (SSSR count). The Hall–Kier alpha value is 0.400. The summed E-state index contributed by atoms with van der Waals surface area (Å²) in [5.74, 6) is 3.48. The Morgan fingerprint density at radius 2 is 1.86 bits per heavy atom. The molecule has 2 aliphatic rings. The van der Waals surface area contributed by atoms with Crippen LogP contribution in [0.2, 0.25) is 0 Å². The lowest BCUT2D eigenvalue weighted by Gasteiger charge is -2.47. The van der Waals surface area contributed by atoms with Crippen LogP contribution < -0.4 is 0 Å². The molecule has 22 heavy (non-hydrogen) atoms. The Morgan fingerprint density at radius 1 is 1.18 bits per heavy atom. The number of aliphatic hydroxyl groups is 2. The highest BCUT2D eigenvalue weighted by molar-refractivity contribution is 9.09. The number of alkyl halides is 1. The van der Waals surface area contributed by atoms with Crippen molar-refractivity contribution < 1.29 is 10.2 Å². The zero-order chi connectivity index (χ0) is 16.5. The Morgan fingerprint density at radius 3 is 2.41 bits per heavy atom. The van der Waals surface area contributed by atoms with E-state index in [-0.39, 0.29) is 10.9 Å². The molecule has 2 aliphatic carbocycles. The molecular formula is C19H35BrO2. The first-order chi connectivity index (χ1) is 10.2. The second-order valence-corrected chi connectivity index (χ2v) is 9.91. The summed E-state index contributed by atoms with van der Waals surface area (Å²) in [4.78, 5) is 0.269. The van der Waals surface area contributed by atoms with Gasteiger partial charge >= 0.3 is 0 Å². The van der Waals surface area contributed by atoms with Crippen LogP contribution in [0, 0.1) is 29.6 Å². The summed E-state index contributed by atoms with van der Waals surface area (Å²) in [7, 11) is 0. The van der Waals surface area contributed by atoms with Crippen molar-refractivity contribution in [3.8, 4) is 0 Å². The second-order valence-electron chi connectivity index (χ2n) is 8.86. The lowest BCUT2D eigenvalue weighted by atomic mass is 9.62. The van der Waals surface area contributed by atoms with Crippen molar-refractivity contribution in [2.45, 2.75) is 89.2 Å². The zero-order valence-corrected chi connectivity index (χ0v) is 16.3. The molecule has 2 saturated carbocycles. The van der Waals surface area contributed by atoms with Crippen LogP contribution in [-0.4, -0.2) is 26.7 Å². The Bertz CT molecular complexity index is 355. The first kappa shape index (κ1) is 18.7. The van der Waals surface area contributed by atoms with Crippen LogP contribution in [0.4, 0.5) is 0 Å². The molecule has 2 nitrogen and oxygen atoms in total. The Labute approximate surface area is 145 Å². The predicted octanol–water partition coefficient (Wildman–Crippen LogP) is 4.76. The highest BCUT2D eigenvalue weighted by Crippen LogP contribution is 2.48. The Balaban J connectivity index is 1.96. The molecule has 0 aromatic heterocycles. The van der Waals surface area contributed by atoms with E-state index in [1.54, 1.807) is 0 Å². The molecule has 0 spiro atoms. The van der Waals surface area contributed by atoms with Crippen molar-refractivity contribution in [3.05, 3.63) is 0 Å². The fourth-order valence-electron chi connectivity index (χ4n) is 4.65. The second kappa shape index (κ2) is 7.53. The summed E-state index contributed by atoms with van der Waals surface area (Å²) in [6.45, 7) is 9.04. The molecule has 130 valence electrons. The van der Waals surface area contributed by atoms with Crippen LogP contribution in [0.15, 0.2) is 0 Å². The summed E-state index contributed by atoms with van der Waals surface area (Å²) in [6, 6.07) is 0. The summed E-state index contributed by atoms with van der Waals surface area (Å²) < 4.78 is 0. The smallest absolute Gasteiger partial charge is 0.0670 e. The molecular weight excluding hydrogens is 340 g/mol. The minimum absolute atomic E-state index is 0.161. The van der Waals surface area contributed by atoms with Crippen LogP contribution in [0.25, 0.3) is 0 Å². The van der Waals surface area contributed by atoms with E-state index in [1.165, 1.54) is 25.7 Å². The van der Waals surface area contributed by atoms with Gasteiger partial charge in [-0.1, -0.05) is 49.5 Å². The van der Waals surface area contributed by atoms with Crippen molar-refractivity contribution in [1.29, 1.82) is 0 Å². The SMILES string of the molecule is CC(C)CC[C@@H](C)[C@H]1CC[C@@](C)(O)CC1CC1CC(O)[C@@H]1Br.